The molecule has 2 saturated heterocycles. The third kappa shape index (κ3) is 11.6. The molecule has 8 atom stereocenters. The highest BCUT2D eigenvalue weighted by Crippen LogP contribution is 2.48. The lowest BCUT2D eigenvalue weighted by molar-refractivity contribution is -0.219. The lowest BCUT2D eigenvalue weighted by Gasteiger charge is -2.52. The van der Waals surface area contributed by atoms with Crippen molar-refractivity contribution in [1.82, 2.24) is 0 Å². The number of benzene rings is 2. The van der Waals surface area contributed by atoms with Gasteiger partial charge in [0, 0.05) is 5.92 Å². The standard InChI is InChI=1S/C46H70O6/c1-29(2)25-33-13-17-35(18-14-33)31(5)43(47)49-27-37-22-24-40(45(7,8)9)41(51-37)39-23-21-38(52-42(39)46(10,11)12)28-50-44(48)32(6)36-19-15-34(16-20-36)26-30(3)4/h13-20,29-32,37-42H,21-28H2,1-12H3. The smallest absolute Gasteiger partial charge is 0.313 e. The molecule has 0 bridgehead atoms. The minimum Gasteiger partial charge on any atom is -0.462 e. The Labute approximate surface area is 316 Å². The van der Waals surface area contributed by atoms with Crippen LogP contribution in [0.15, 0.2) is 48.5 Å². The molecule has 0 aromatic heterocycles. The summed E-state index contributed by atoms with van der Waals surface area (Å²) in [4.78, 5) is 26.4. The summed E-state index contributed by atoms with van der Waals surface area (Å²) in [7, 11) is 0. The molecular weight excluding hydrogens is 649 g/mol. The minimum atomic E-state index is -0.338. The van der Waals surface area contributed by atoms with Crippen molar-refractivity contribution in [3.05, 3.63) is 70.8 Å². The Morgan fingerprint density at radius 3 is 1.44 bits per heavy atom. The topological polar surface area (TPSA) is 71.1 Å². The monoisotopic (exact) mass is 719 g/mol. The van der Waals surface area contributed by atoms with Gasteiger partial charge in [-0.2, -0.15) is 0 Å². The molecule has 0 amide bonds. The average molecular weight is 719 g/mol. The number of carbonyl (C=O) groups excluding carboxylic acids is 2. The van der Waals surface area contributed by atoms with E-state index in [0.29, 0.717) is 17.8 Å². The van der Waals surface area contributed by atoms with Gasteiger partial charge in [-0.25, -0.2) is 0 Å². The second-order valence-corrected chi connectivity index (χ2v) is 18.9. The minimum absolute atomic E-state index is 0.0326. The van der Waals surface area contributed by atoms with E-state index in [9.17, 15) is 9.59 Å². The highest BCUT2D eigenvalue weighted by Gasteiger charge is 2.49. The van der Waals surface area contributed by atoms with Crippen molar-refractivity contribution in [2.45, 2.75) is 158 Å². The van der Waals surface area contributed by atoms with Gasteiger partial charge in [0.1, 0.15) is 13.2 Å². The molecule has 6 heteroatoms. The van der Waals surface area contributed by atoms with Crippen molar-refractivity contribution in [1.29, 1.82) is 0 Å². The largest absolute Gasteiger partial charge is 0.462 e. The van der Waals surface area contributed by atoms with Crippen LogP contribution in [0.3, 0.4) is 0 Å². The Kier molecular flexibility index (Phi) is 14.6. The molecule has 2 fully saturated rings. The molecule has 2 heterocycles. The maximum atomic E-state index is 13.2. The first-order chi connectivity index (χ1) is 24.3. The Morgan fingerprint density at radius 1 is 0.615 bits per heavy atom. The summed E-state index contributed by atoms with van der Waals surface area (Å²) < 4.78 is 25.7. The first kappa shape index (κ1) is 42.0. The van der Waals surface area contributed by atoms with E-state index in [4.69, 9.17) is 18.9 Å². The van der Waals surface area contributed by atoms with Crippen molar-refractivity contribution in [3.8, 4) is 0 Å². The Hall–Kier alpha value is -2.70. The van der Waals surface area contributed by atoms with Crippen molar-refractivity contribution in [3.63, 3.8) is 0 Å². The van der Waals surface area contributed by atoms with Crippen LogP contribution in [0.5, 0.6) is 0 Å². The highest BCUT2D eigenvalue weighted by atomic mass is 16.6. The fraction of sp³-hybridized carbons (Fsp3) is 0.696. The number of esters is 2. The molecule has 290 valence electrons. The van der Waals surface area contributed by atoms with Crippen LogP contribution in [0.25, 0.3) is 0 Å². The maximum absolute atomic E-state index is 13.2. The van der Waals surface area contributed by atoms with Crippen molar-refractivity contribution in [2.24, 2.45) is 34.5 Å². The molecule has 0 saturated carbocycles. The highest BCUT2D eigenvalue weighted by molar-refractivity contribution is 5.78. The predicted molar refractivity (Wildman–Crippen MR) is 210 cm³/mol. The van der Waals surface area contributed by atoms with Crippen molar-refractivity contribution >= 4 is 11.9 Å². The zero-order valence-corrected chi connectivity index (χ0v) is 34.5. The maximum Gasteiger partial charge on any atom is 0.313 e. The molecule has 0 radical (unpaired) electrons. The summed E-state index contributed by atoms with van der Waals surface area (Å²) in [5.74, 6) is 0.586. The van der Waals surface area contributed by atoms with Gasteiger partial charge in [-0.3, -0.25) is 9.59 Å². The van der Waals surface area contributed by atoms with Crippen LogP contribution in [0, 0.1) is 34.5 Å². The van der Waals surface area contributed by atoms with Gasteiger partial charge in [-0.1, -0.05) is 118 Å². The lowest BCUT2D eigenvalue weighted by atomic mass is 9.65. The van der Waals surface area contributed by atoms with Crippen LogP contribution in [-0.4, -0.2) is 49.6 Å². The number of hydrogen-bond acceptors (Lipinski definition) is 6. The Morgan fingerprint density at radius 2 is 1.04 bits per heavy atom. The summed E-state index contributed by atoms with van der Waals surface area (Å²) in [6.07, 6.45) is 5.20. The van der Waals surface area contributed by atoms with E-state index in [1.807, 2.05) is 13.8 Å². The second-order valence-electron chi connectivity index (χ2n) is 18.9. The van der Waals surface area contributed by atoms with Gasteiger partial charge in [-0.15, -0.1) is 0 Å². The molecule has 52 heavy (non-hydrogen) atoms. The molecule has 0 spiro atoms. The van der Waals surface area contributed by atoms with E-state index in [-0.39, 0.29) is 78.2 Å². The van der Waals surface area contributed by atoms with Gasteiger partial charge in [-0.05, 0) is 103 Å². The van der Waals surface area contributed by atoms with E-state index in [1.165, 1.54) is 11.1 Å². The third-order valence-electron chi connectivity index (χ3n) is 11.3. The normalized spacial score (nSPS) is 25.5. The number of rotatable bonds is 13. The fourth-order valence-electron chi connectivity index (χ4n) is 8.27. The molecule has 2 aliphatic heterocycles. The zero-order valence-electron chi connectivity index (χ0n) is 34.5. The zero-order chi connectivity index (χ0) is 38.4. The van der Waals surface area contributed by atoms with Crippen LogP contribution >= 0.6 is 0 Å². The Bertz CT molecular complexity index is 1410. The molecular formula is C46H70O6. The first-order valence-electron chi connectivity index (χ1n) is 20.1. The van der Waals surface area contributed by atoms with Gasteiger partial charge in [0.25, 0.3) is 0 Å². The number of carbonyl (C=O) groups is 2. The van der Waals surface area contributed by atoms with E-state index >= 15 is 0 Å². The second kappa shape index (κ2) is 18.1. The summed E-state index contributed by atoms with van der Waals surface area (Å²) in [6.45, 7) is 26.8. The van der Waals surface area contributed by atoms with E-state index < -0.39 is 0 Å². The lowest BCUT2D eigenvalue weighted by Crippen LogP contribution is -2.55. The summed E-state index contributed by atoms with van der Waals surface area (Å²) >= 11 is 0. The number of ether oxygens (including phenoxy) is 4. The number of hydrogen-bond donors (Lipinski definition) is 0. The van der Waals surface area contributed by atoms with Gasteiger partial charge in [0.05, 0.1) is 36.3 Å². The van der Waals surface area contributed by atoms with E-state index in [1.54, 1.807) is 0 Å². The van der Waals surface area contributed by atoms with Crippen LogP contribution in [0.1, 0.15) is 143 Å². The predicted octanol–water partition coefficient (Wildman–Crippen LogP) is 10.5. The van der Waals surface area contributed by atoms with Crippen LogP contribution in [-0.2, 0) is 41.4 Å². The van der Waals surface area contributed by atoms with Crippen LogP contribution < -0.4 is 0 Å². The van der Waals surface area contributed by atoms with Gasteiger partial charge in [0.2, 0.25) is 0 Å². The molecule has 2 aromatic rings. The quantitative estimate of drug-likeness (QED) is 0.192. The van der Waals surface area contributed by atoms with Gasteiger partial charge in [0.15, 0.2) is 0 Å². The van der Waals surface area contributed by atoms with Crippen LogP contribution in [0.4, 0.5) is 0 Å². The van der Waals surface area contributed by atoms with Gasteiger partial charge >= 0.3 is 11.9 Å². The van der Waals surface area contributed by atoms with Crippen molar-refractivity contribution < 1.29 is 28.5 Å². The Balaban J connectivity index is 1.38. The van der Waals surface area contributed by atoms with Crippen molar-refractivity contribution in [2.75, 3.05) is 13.2 Å². The van der Waals surface area contributed by atoms with E-state index in [0.717, 1.165) is 49.7 Å². The molecule has 8 unspecified atom stereocenters. The van der Waals surface area contributed by atoms with Gasteiger partial charge < -0.3 is 18.9 Å². The summed E-state index contributed by atoms with van der Waals surface area (Å²) in [6, 6.07) is 16.7. The molecule has 6 nitrogen and oxygen atoms in total. The summed E-state index contributed by atoms with van der Waals surface area (Å²) in [5, 5.41) is 0. The SMILES string of the molecule is CC(C)Cc1ccc(C(C)C(=O)OCC2CCC(C(C)(C)C)C(C3CCC(COC(=O)C(C)c4ccc(CC(C)C)cc4)OC3C(C)(C)C)O2)cc1. The molecule has 0 aliphatic carbocycles. The first-order valence-corrected chi connectivity index (χ1v) is 20.1. The molecule has 2 aromatic carbocycles. The molecule has 0 N–H and O–H groups in total. The fourth-order valence-corrected chi connectivity index (χ4v) is 8.27. The average Bonchev–Trinajstić information content (AvgIpc) is 3.08. The van der Waals surface area contributed by atoms with Crippen LogP contribution in [0.2, 0.25) is 0 Å². The van der Waals surface area contributed by atoms with E-state index in [2.05, 4.69) is 118 Å². The summed E-state index contributed by atoms with van der Waals surface area (Å²) in [5.41, 5.74) is 4.42. The molecule has 2 aliphatic rings. The third-order valence-corrected chi connectivity index (χ3v) is 11.3. The molecule has 4 rings (SSSR count).